The van der Waals surface area contributed by atoms with Gasteiger partial charge in [0, 0.05) is 49.6 Å². The van der Waals surface area contributed by atoms with Gasteiger partial charge in [-0.15, -0.1) is 0 Å². The van der Waals surface area contributed by atoms with E-state index in [0.717, 1.165) is 0 Å². The van der Waals surface area contributed by atoms with E-state index >= 15 is 4.39 Å². The second kappa shape index (κ2) is 10.5. The van der Waals surface area contributed by atoms with Crippen molar-refractivity contribution in [1.82, 2.24) is 25.2 Å². The van der Waals surface area contributed by atoms with Gasteiger partial charge in [-0.1, -0.05) is 11.6 Å². The Bertz CT molecular complexity index is 1280. The van der Waals surface area contributed by atoms with Crippen LogP contribution in [0.3, 0.4) is 0 Å². The van der Waals surface area contributed by atoms with Crippen LogP contribution >= 0.6 is 11.6 Å². The Balaban J connectivity index is 1.19. The standard InChI is InChI=1S/C24H26ClFN6O4/c1-35-22-3-2-17-23(31-22)13(4-6-27-17)19(33)11-32-7-5-16(15(26)10-32)28-9-18-14(25)8-20-24(29-18)30-21(34)12-36-20/h2-4,6,8,15-16,19,28,33H,5,7,9-12H2,1H3,(H,29,30,34)/t15?,16?,19-/m0/s1. The predicted molar refractivity (Wildman–Crippen MR) is 131 cm³/mol. The van der Waals surface area contributed by atoms with Crippen molar-refractivity contribution < 1.29 is 23.8 Å². The fraction of sp³-hybridized carbons (Fsp3) is 0.417. The number of ether oxygens (including phenoxy) is 2. The van der Waals surface area contributed by atoms with Crippen LogP contribution in [0.1, 0.15) is 23.8 Å². The van der Waals surface area contributed by atoms with Crippen LogP contribution < -0.4 is 20.1 Å². The third-order valence-electron chi connectivity index (χ3n) is 6.38. The third-order valence-corrected chi connectivity index (χ3v) is 6.70. The monoisotopic (exact) mass is 516 g/mol. The molecule has 1 fully saturated rings. The number of likely N-dealkylation sites (tertiary alicyclic amines) is 1. The van der Waals surface area contributed by atoms with Crippen LogP contribution in [0.5, 0.6) is 11.6 Å². The van der Waals surface area contributed by atoms with Gasteiger partial charge in [-0.3, -0.25) is 14.7 Å². The number of aromatic nitrogens is 3. The summed E-state index contributed by atoms with van der Waals surface area (Å²) in [6.07, 6.45) is 0.153. The van der Waals surface area contributed by atoms with E-state index in [0.29, 0.717) is 57.7 Å². The average molecular weight is 517 g/mol. The first-order valence-corrected chi connectivity index (χ1v) is 12.0. The summed E-state index contributed by atoms with van der Waals surface area (Å²) in [5.41, 5.74) is 2.34. The molecule has 12 heteroatoms. The Morgan fingerprint density at radius 3 is 3.06 bits per heavy atom. The van der Waals surface area contributed by atoms with Crippen LogP contribution in [-0.2, 0) is 11.3 Å². The maximum absolute atomic E-state index is 15.1. The second-order valence-corrected chi connectivity index (χ2v) is 9.20. The van der Waals surface area contributed by atoms with E-state index in [1.807, 2.05) is 4.90 Å². The number of aliphatic hydroxyl groups excluding tert-OH is 1. The predicted octanol–water partition coefficient (Wildman–Crippen LogP) is 2.25. The van der Waals surface area contributed by atoms with Crippen LogP contribution in [0.2, 0.25) is 5.02 Å². The molecule has 2 unspecified atom stereocenters. The van der Waals surface area contributed by atoms with Crippen molar-refractivity contribution in [2.24, 2.45) is 0 Å². The number of pyridine rings is 3. The first-order chi connectivity index (χ1) is 17.4. The number of aliphatic hydroxyl groups is 1. The number of carbonyl (C=O) groups is 1. The topological polar surface area (TPSA) is 122 Å². The fourth-order valence-corrected chi connectivity index (χ4v) is 4.70. The number of fused-ring (bicyclic) bond motifs is 2. The normalized spacial score (nSPS) is 20.9. The van der Waals surface area contributed by atoms with Gasteiger partial charge in [-0.05, 0) is 25.1 Å². The van der Waals surface area contributed by atoms with Crippen molar-refractivity contribution in [3.63, 3.8) is 0 Å². The number of hydrogen-bond donors (Lipinski definition) is 3. The minimum atomic E-state index is -1.15. The maximum Gasteiger partial charge on any atom is 0.263 e. The molecule has 190 valence electrons. The minimum absolute atomic E-state index is 0.0818. The highest BCUT2D eigenvalue weighted by molar-refractivity contribution is 6.31. The zero-order valence-corrected chi connectivity index (χ0v) is 20.3. The molecule has 5 rings (SSSR count). The van der Waals surface area contributed by atoms with Gasteiger partial charge in [-0.25, -0.2) is 14.4 Å². The van der Waals surface area contributed by atoms with Crippen molar-refractivity contribution in [2.45, 2.75) is 31.3 Å². The lowest BCUT2D eigenvalue weighted by Crippen LogP contribution is -2.51. The zero-order valence-electron chi connectivity index (χ0n) is 19.6. The molecule has 3 N–H and O–H groups in total. The summed E-state index contributed by atoms with van der Waals surface area (Å²) < 4.78 is 25.6. The number of alkyl halides is 1. The molecule has 3 aromatic heterocycles. The highest BCUT2D eigenvalue weighted by Gasteiger charge is 2.31. The molecule has 3 aromatic rings. The van der Waals surface area contributed by atoms with E-state index in [-0.39, 0.29) is 32.1 Å². The number of nitrogens with zero attached hydrogens (tertiary/aromatic N) is 4. The Morgan fingerprint density at radius 1 is 1.39 bits per heavy atom. The molecule has 0 bridgehead atoms. The van der Waals surface area contributed by atoms with Gasteiger partial charge in [0.1, 0.15) is 6.17 Å². The Hall–Kier alpha value is -3.12. The van der Waals surface area contributed by atoms with Crippen molar-refractivity contribution in [1.29, 1.82) is 0 Å². The number of rotatable bonds is 7. The number of piperidine rings is 1. The van der Waals surface area contributed by atoms with Gasteiger partial charge < -0.3 is 25.2 Å². The van der Waals surface area contributed by atoms with Gasteiger partial charge in [-0.2, -0.15) is 0 Å². The molecule has 0 spiro atoms. The molecule has 2 aliphatic heterocycles. The van der Waals surface area contributed by atoms with E-state index < -0.39 is 18.3 Å². The second-order valence-electron chi connectivity index (χ2n) is 8.79. The highest BCUT2D eigenvalue weighted by Crippen LogP contribution is 2.31. The molecule has 1 amide bonds. The summed E-state index contributed by atoms with van der Waals surface area (Å²) >= 11 is 6.31. The van der Waals surface area contributed by atoms with Crippen LogP contribution in [0.15, 0.2) is 30.5 Å². The highest BCUT2D eigenvalue weighted by atomic mass is 35.5. The first-order valence-electron chi connectivity index (χ1n) is 11.6. The summed E-state index contributed by atoms with van der Waals surface area (Å²) in [5, 5.41) is 17.2. The summed E-state index contributed by atoms with van der Waals surface area (Å²) in [4.78, 5) is 26.5. The number of hydrogen-bond acceptors (Lipinski definition) is 9. The molecular weight excluding hydrogens is 491 g/mol. The van der Waals surface area contributed by atoms with Gasteiger partial charge >= 0.3 is 0 Å². The average Bonchev–Trinajstić information content (AvgIpc) is 2.87. The molecule has 1 saturated heterocycles. The maximum atomic E-state index is 15.1. The molecule has 0 radical (unpaired) electrons. The Labute approximate surface area is 211 Å². The molecule has 0 aliphatic carbocycles. The Morgan fingerprint density at radius 2 is 2.25 bits per heavy atom. The lowest BCUT2D eigenvalue weighted by molar-refractivity contribution is -0.118. The van der Waals surface area contributed by atoms with Gasteiger partial charge in [0.05, 0.1) is 35.0 Å². The van der Waals surface area contributed by atoms with Gasteiger partial charge in [0.25, 0.3) is 5.91 Å². The number of nitrogens with one attached hydrogen (secondary N) is 2. The molecule has 10 nitrogen and oxygen atoms in total. The molecule has 5 heterocycles. The molecule has 0 aromatic carbocycles. The molecule has 36 heavy (non-hydrogen) atoms. The number of carbonyl (C=O) groups excluding carboxylic acids is 1. The summed E-state index contributed by atoms with van der Waals surface area (Å²) in [6, 6.07) is 6.43. The van der Waals surface area contributed by atoms with E-state index in [2.05, 4.69) is 25.6 Å². The van der Waals surface area contributed by atoms with Crippen LogP contribution in [0.25, 0.3) is 11.0 Å². The van der Waals surface area contributed by atoms with Crippen molar-refractivity contribution in [3.05, 3.63) is 46.7 Å². The van der Waals surface area contributed by atoms with Crippen LogP contribution in [0.4, 0.5) is 10.2 Å². The summed E-state index contributed by atoms with van der Waals surface area (Å²) in [5.74, 6) is 0.866. The smallest absolute Gasteiger partial charge is 0.263 e. The number of methoxy groups -OCH3 is 1. The minimum Gasteiger partial charge on any atom is -0.481 e. The lowest BCUT2D eigenvalue weighted by atomic mass is 10.0. The quantitative estimate of drug-likeness (QED) is 0.434. The molecular formula is C24H26ClFN6O4. The number of anilines is 1. The largest absolute Gasteiger partial charge is 0.481 e. The molecule has 3 atom stereocenters. The SMILES string of the molecule is COc1ccc2nccc([C@@H](O)CN3CCC(NCc4nc5c(cc4Cl)OCC(=O)N5)C(F)C3)c2n1. The van der Waals surface area contributed by atoms with Crippen molar-refractivity contribution in [3.8, 4) is 11.6 Å². The molecule has 2 aliphatic rings. The zero-order chi connectivity index (χ0) is 25.2. The van der Waals surface area contributed by atoms with E-state index in [4.69, 9.17) is 21.1 Å². The van der Waals surface area contributed by atoms with Gasteiger partial charge in [0.2, 0.25) is 5.88 Å². The van der Waals surface area contributed by atoms with Crippen molar-refractivity contribution >= 4 is 34.4 Å². The fourth-order valence-electron chi connectivity index (χ4n) is 4.49. The van der Waals surface area contributed by atoms with E-state index in [1.165, 1.54) is 7.11 Å². The van der Waals surface area contributed by atoms with Crippen LogP contribution in [0, 0.1) is 0 Å². The lowest BCUT2D eigenvalue weighted by Gasteiger charge is -2.36. The number of amides is 1. The molecule has 0 saturated carbocycles. The van der Waals surface area contributed by atoms with Crippen LogP contribution in [-0.4, -0.2) is 76.4 Å². The first kappa shape index (κ1) is 24.6. The Kier molecular flexibility index (Phi) is 7.15. The van der Waals surface area contributed by atoms with E-state index in [1.54, 1.807) is 30.5 Å². The summed E-state index contributed by atoms with van der Waals surface area (Å²) in [6.45, 7) is 1.20. The van der Waals surface area contributed by atoms with Crippen molar-refractivity contribution in [2.75, 3.05) is 38.7 Å². The van der Waals surface area contributed by atoms with Gasteiger partial charge in [0.15, 0.2) is 18.2 Å². The number of β-amino-alcohol motifs (C(OH)–C–C–N with tert-alkyl or cyclic N) is 1. The number of halogens is 2. The van der Waals surface area contributed by atoms with E-state index in [9.17, 15) is 9.90 Å². The third kappa shape index (κ3) is 5.19. The summed E-state index contributed by atoms with van der Waals surface area (Å²) in [7, 11) is 1.53.